The van der Waals surface area contributed by atoms with Gasteiger partial charge in [0, 0.05) is 39.0 Å². The molecule has 30 heavy (non-hydrogen) atoms. The fourth-order valence-electron chi connectivity index (χ4n) is 7.41. The van der Waals surface area contributed by atoms with Gasteiger partial charge in [0.2, 0.25) is 11.8 Å². The average molecular weight is 409 g/mol. The van der Waals surface area contributed by atoms with Gasteiger partial charge in [-0.1, -0.05) is 30.3 Å². The smallest absolute Gasteiger partial charge is 0.223 e. The number of hydrogen-bond acceptors (Lipinski definition) is 2. The third kappa shape index (κ3) is 4.29. The molecule has 0 atom stereocenters. The van der Waals surface area contributed by atoms with Crippen molar-refractivity contribution in [2.24, 2.45) is 23.2 Å². The van der Waals surface area contributed by atoms with Gasteiger partial charge < -0.3 is 9.80 Å². The van der Waals surface area contributed by atoms with Crippen LogP contribution in [0.4, 0.5) is 0 Å². The topological polar surface area (TPSA) is 40.6 Å². The van der Waals surface area contributed by atoms with E-state index in [1.54, 1.807) is 0 Å². The van der Waals surface area contributed by atoms with Crippen molar-refractivity contribution in [1.29, 1.82) is 0 Å². The minimum absolute atomic E-state index is 0.231. The van der Waals surface area contributed by atoms with Gasteiger partial charge in [-0.05, 0) is 80.1 Å². The predicted molar refractivity (Wildman–Crippen MR) is 118 cm³/mol. The number of amides is 2. The zero-order chi connectivity index (χ0) is 20.6. The van der Waals surface area contributed by atoms with Crippen molar-refractivity contribution < 1.29 is 9.59 Å². The van der Waals surface area contributed by atoms with Crippen LogP contribution in [0.25, 0.3) is 0 Å². The van der Waals surface area contributed by atoms with Gasteiger partial charge in [0.15, 0.2) is 0 Å². The SMILES string of the molecule is O=C(CCc1ccccc1)N1CCCN(C(=O)CC23CC4CC(CC(C4)C2)C3)CC1. The summed E-state index contributed by atoms with van der Waals surface area (Å²) in [5.74, 6) is 3.27. The first kappa shape index (κ1) is 20.1. The molecule has 2 amide bonds. The Morgan fingerprint density at radius 2 is 1.37 bits per heavy atom. The summed E-state index contributed by atoms with van der Waals surface area (Å²) in [7, 11) is 0. The maximum absolute atomic E-state index is 13.2. The monoisotopic (exact) mass is 408 g/mol. The highest BCUT2D eigenvalue weighted by molar-refractivity contribution is 5.78. The largest absolute Gasteiger partial charge is 0.341 e. The fraction of sp³-hybridized carbons (Fsp3) is 0.692. The lowest BCUT2D eigenvalue weighted by Crippen LogP contribution is -2.48. The van der Waals surface area contributed by atoms with E-state index in [-0.39, 0.29) is 5.91 Å². The number of rotatable bonds is 5. The van der Waals surface area contributed by atoms with E-state index in [0.29, 0.717) is 30.8 Å². The molecule has 6 rings (SSSR count). The van der Waals surface area contributed by atoms with Gasteiger partial charge in [0.25, 0.3) is 0 Å². The van der Waals surface area contributed by atoms with E-state index < -0.39 is 0 Å². The molecule has 5 fully saturated rings. The Hall–Kier alpha value is -1.84. The van der Waals surface area contributed by atoms with Crippen molar-refractivity contribution in [3.8, 4) is 0 Å². The Bertz CT molecular complexity index is 739. The Labute approximate surface area is 181 Å². The number of benzene rings is 1. The van der Waals surface area contributed by atoms with Crippen LogP contribution in [0.2, 0.25) is 0 Å². The molecule has 0 spiro atoms. The summed E-state index contributed by atoms with van der Waals surface area (Å²) in [6.07, 6.45) is 11.2. The van der Waals surface area contributed by atoms with Crippen molar-refractivity contribution in [2.75, 3.05) is 26.2 Å². The second-order valence-electron chi connectivity index (χ2n) is 10.7. The Morgan fingerprint density at radius 3 is 1.97 bits per heavy atom. The minimum Gasteiger partial charge on any atom is -0.341 e. The second kappa shape index (κ2) is 8.36. The lowest BCUT2D eigenvalue weighted by atomic mass is 9.49. The van der Waals surface area contributed by atoms with E-state index in [0.717, 1.165) is 50.1 Å². The Morgan fingerprint density at radius 1 is 0.800 bits per heavy atom. The summed E-state index contributed by atoms with van der Waals surface area (Å²) in [4.78, 5) is 30.0. The highest BCUT2D eigenvalue weighted by atomic mass is 16.2. The van der Waals surface area contributed by atoms with E-state index >= 15 is 0 Å². The van der Waals surface area contributed by atoms with Gasteiger partial charge in [-0.25, -0.2) is 0 Å². The van der Waals surface area contributed by atoms with E-state index in [4.69, 9.17) is 0 Å². The molecule has 4 bridgehead atoms. The van der Waals surface area contributed by atoms with Crippen LogP contribution >= 0.6 is 0 Å². The lowest BCUT2D eigenvalue weighted by Gasteiger charge is -2.57. The maximum Gasteiger partial charge on any atom is 0.223 e. The summed E-state index contributed by atoms with van der Waals surface area (Å²) < 4.78 is 0. The first-order valence-corrected chi connectivity index (χ1v) is 12.2. The van der Waals surface area contributed by atoms with Gasteiger partial charge in [0.1, 0.15) is 0 Å². The van der Waals surface area contributed by atoms with Crippen molar-refractivity contribution in [3.05, 3.63) is 35.9 Å². The van der Waals surface area contributed by atoms with Crippen LogP contribution in [0.1, 0.15) is 63.4 Å². The lowest BCUT2D eigenvalue weighted by molar-refractivity contribution is -0.140. The molecule has 0 N–H and O–H groups in total. The molecule has 4 saturated carbocycles. The molecular formula is C26H36N2O2. The summed E-state index contributed by atoms with van der Waals surface area (Å²) >= 11 is 0. The molecule has 0 aromatic heterocycles. The average Bonchev–Trinajstić information content (AvgIpc) is 2.98. The van der Waals surface area contributed by atoms with Crippen LogP contribution in [0.5, 0.6) is 0 Å². The van der Waals surface area contributed by atoms with Gasteiger partial charge >= 0.3 is 0 Å². The van der Waals surface area contributed by atoms with Crippen LogP contribution in [-0.4, -0.2) is 47.8 Å². The van der Waals surface area contributed by atoms with Crippen LogP contribution < -0.4 is 0 Å². The minimum atomic E-state index is 0.231. The molecule has 0 unspecified atom stereocenters. The van der Waals surface area contributed by atoms with E-state index in [1.807, 2.05) is 23.1 Å². The highest BCUT2D eigenvalue weighted by Crippen LogP contribution is 2.61. The third-order valence-electron chi connectivity index (χ3n) is 8.36. The quantitative estimate of drug-likeness (QED) is 0.729. The van der Waals surface area contributed by atoms with E-state index in [1.165, 1.54) is 44.1 Å². The van der Waals surface area contributed by atoms with Crippen molar-refractivity contribution in [1.82, 2.24) is 9.80 Å². The summed E-state index contributed by atoms with van der Waals surface area (Å²) in [5.41, 5.74) is 1.52. The standard InChI is InChI=1S/C26H36N2O2/c29-24(8-7-20-5-2-1-3-6-20)27-9-4-10-28(12-11-27)25(30)19-26-16-21-13-22(17-26)15-23(14-21)18-26/h1-3,5-6,21-23H,4,7-19H2. The molecule has 4 nitrogen and oxygen atoms in total. The fourth-order valence-corrected chi connectivity index (χ4v) is 7.41. The van der Waals surface area contributed by atoms with Gasteiger partial charge in [-0.15, -0.1) is 0 Å². The van der Waals surface area contributed by atoms with E-state index in [9.17, 15) is 9.59 Å². The number of carbonyl (C=O) groups excluding carboxylic acids is 2. The molecule has 1 aromatic carbocycles. The molecule has 1 aliphatic heterocycles. The molecule has 1 aromatic rings. The van der Waals surface area contributed by atoms with Gasteiger partial charge in [0.05, 0.1) is 0 Å². The molecular weight excluding hydrogens is 372 g/mol. The van der Waals surface area contributed by atoms with Crippen LogP contribution in [0.3, 0.4) is 0 Å². The van der Waals surface area contributed by atoms with Crippen LogP contribution in [0, 0.1) is 23.2 Å². The second-order valence-corrected chi connectivity index (χ2v) is 10.7. The molecule has 5 aliphatic rings. The summed E-state index contributed by atoms with van der Waals surface area (Å²) in [6.45, 7) is 3.00. The van der Waals surface area contributed by atoms with Crippen LogP contribution in [-0.2, 0) is 16.0 Å². The van der Waals surface area contributed by atoms with Crippen LogP contribution in [0.15, 0.2) is 30.3 Å². The first-order chi connectivity index (χ1) is 14.6. The predicted octanol–water partition coefficient (Wildman–Crippen LogP) is 4.29. The van der Waals surface area contributed by atoms with Crippen molar-refractivity contribution >= 4 is 11.8 Å². The number of aryl methyl sites for hydroxylation is 1. The summed E-state index contributed by atoms with van der Waals surface area (Å²) in [6, 6.07) is 10.2. The highest BCUT2D eigenvalue weighted by Gasteiger charge is 2.51. The molecule has 4 aliphatic carbocycles. The molecule has 1 heterocycles. The zero-order valence-electron chi connectivity index (χ0n) is 18.2. The molecule has 162 valence electrons. The Balaban J connectivity index is 1.13. The van der Waals surface area contributed by atoms with Crippen molar-refractivity contribution in [2.45, 2.75) is 64.2 Å². The number of nitrogens with zero attached hydrogens (tertiary/aromatic N) is 2. The normalized spacial score (nSPS) is 32.9. The summed E-state index contributed by atoms with van der Waals surface area (Å²) in [5, 5.41) is 0. The van der Waals surface area contributed by atoms with Gasteiger partial charge in [-0.3, -0.25) is 9.59 Å². The maximum atomic E-state index is 13.2. The Kier molecular flexibility index (Phi) is 5.59. The van der Waals surface area contributed by atoms with Crippen molar-refractivity contribution in [3.63, 3.8) is 0 Å². The number of hydrogen-bond donors (Lipinski definition) is 0. The van der Waals surface area contributed by atoms with Gasteiger partial charge in [-0.2, -0.15) is 0 Å². The molecule has 0 radical (unpaired) electrons. The molecule has 4 heteroatoms. The first-order valence-electron chi connectivity index (χ1n) is 12.2. The molecule has 1 saturated heterocycles. The number of carbonyl (C=O) groups is 2. The third-order valence-corrected chi connectivity index (χ3v) is 8.36. The zero-order valence-corrected chi connectivity index (χ0v) is 18.2. The van der Waals surface area contributed by atoms with E-state index in [2.05, 4.69) is 17.0 Å².